The predicted octanol–water partition coefficient (Wildman–Crippen LogP) is 3.03. The Morgan fingerprint density at radius 3 is 2.50 bits per heavy atom. The molecule has 24 heavy (non-hydrogen) atoms. The summed E-state index contributed by atoms with van der Waals surface area (Å²) in [6, 6.07) is 16.4. The van der Waals surface area contributed by atoms with Crippen LogP contribution < -0.4 is 9.62 Å². The van der Waals surface area contributed by atoms with Crippen LogP contribution in [-0.4, -0.2) is 25.4 Å². The average Bonchev–Trinajstić information content (AvgIpc) is 2.61. The summed E-state index contributed by atoms with van der Waals surface area (Å²) in [6.45, 7) is 0. The van der Waals surface area contributed by atoms with Crippen molar-refractivity contribution >= 4 is 27.3 Å². The number of hydrogen-bond donors (Lipinski definition) is 1. The van der Waals surface area contributed by atoms with E-state index in [9.17, 15) is 8.42 Å². The Balaban J connectivity index is 1.86. The Hall–Kier alpha value is -2.93. The number of fused-ring (bicyclic) bond motifs is 3. The van der Waals surface area contributed by atoms with Gasteiger partial charge < -0.3 is 5.32 Å². The molecule has 0 bridgehead atoms. The van der Waals surface area contributed by atoms with Gasteiger partial charge in [0, 0.05) is 18.3 Å². The zero-order valence-electron chi connectivity index (χ0n) is 12.8. The van der Waals surface area contributed by atoms with E-state index in [1.807, 2.05) is 30.3 Å². The third-order valence-corrected chi connectivity index (χ3v) is 5.75. The van der Waals surface area contributed by atoms with Crippen molar-refractivity contribution in [2.45, 2.75) is 4.90 Å². The van der Waals surface area contributed by atoms with Crippen LogP contribution in [-0.2, 0) is 10.0 Å². The van der Waals surface area contributed by atoms with Crippen LogP contribution in [0.25, 0.3) is 11.3 Å². The largest absolute Gasteiger partial charge is 0.324 e. The van der Waals surface area contributed by atoms with E-state index in [1.165, 1.54) is 17.5 Å². The van der Waals surface area contributed by atoms with E-state index in [4.69, 9.17) is 0 Å². The van der Waals surface area contributed by atoms with Crippen LogP contribution in [0.2, 0.25) is 0 Å². The van der Waals surface area contributed by atoms with E-state index < -0.39 is 10.0 Å². The normalized spacial score (nSPS) is 14.6. The molecule has 2 heterocycles. The molecule has 0 radical (unpaired) electrons. The molecule has 6 nitrogen and oxygen atoms in total. The lowest BCUT2D eigenvalue weighted by Crippen LogP contribution is -2.31. The van der Waals surface area contributed by atoms with Gasteiger partial charge >= 0.3 is 0 Å². The summed E-state index contributed by atoms with van der Waals surface area (Å²) in [4.78, 5) is 9.04. The molecule has 0 saturated heterocycles. The Kier molecular flexibility index (Phi) is 3.24. The molecular weight excluding hydrogens is 324 g/mol. The fourth-order valence-corrected chi connectivity index (χ4v) is 4.06. The lowest BCUT2D eigenvalue weighted by molar-refractivity contribution is 0.593. The average molecular weight is 338 g/mol. The monoisotopic (exact) mass is 338 g/mol. The van der Waals surface area contributed by atoms with E-state index in [-0.39, 0.29) is 4.90 Å². The Morgan fingerprint density at radius 2 is 1.71 bits per heavy atom. The lowest BCUT2D eigenvalue weighted by Gasteiger charge is -2.28. The summed E-state index contributed by atoms with van der Waals surface area (Å²) in [5, 5.41) is 3.13. The van der Waals surface area contributed by atoms with Crippen LogP contribution in [0.3, 0.4) is 0 Å². The molecule has 0 unspecified atom stereocenters. The first kappa shape index (κ1) is 14.6. The van der Waals surface area contributed by atoms with Crippen LogP contribution >= 0.6 is 0 Å². The van der Waals surface area contributed by atoms with Gasteiger partial charge in [0.1, 0.15) is 5.69 Å². The van der Waals surface area contributed by atoms with Crippen molar-refractivity contribution in [2.24, 2.45) is 0 Å². The molecule has 0 amide bonds. The van der Waals surface area contributed by atoms with Crippen molar-refractivity contribution in [2.75, 3.05) is 16.7 Å². The van der Waals surface area contributed by atoms with E-state index in [2.05, 4.69) is 15.3 Å². The van der Waals surface area contributed by atoms with Gasteiger partial charge in [-0.05, 0) is 18.2 Å². The fourth-order valence-electron chi connectivity index (χ4n) is 2.68. The molecule has 1 aromatic heterocycles. The van der Waals surface area contributed by atoms with Crippen molar-refractivity contribution in [1.82, 2.24) is 9.97 Å². The quantitative estimate of drug-likeness (QED) is 0.777. The number of sulfonamides is 1. The van der Waals surface area contributed by atoms with Crippen LogP contribution in [0.15, 0.2) is 65.7 Å². The first-order valence-corrected chi connectivity index (χ1v) is 8.79. The topological polar surface area (TPSA) is 75.2 Å². The number of nitrogens with zero attached hydrogens (tertiary/aromatic N) is 3. The zero-order chi connectivity index (χ0) is 16.7. The summed E-state index contributed by atoms with van der Waals surface area (Å²) in [5.41, 5.74) is 2.51. The molecule has 1 aliphatic heterocycles. The standard InChI is InChI=1S/C17H14N4O2S/c1-21-14-11-18-17(19-12-7-3-2-4-8-12)20-16(14)13-9-5-6-10-15(13)24(21,22)23/h2-11H,1H3,(H,18,19,20). The van der Waals surface area contributed by atoms with Gasteiger partial charge in [-0.3, -0.25) is 4.31 Å². The highest BCUT2D eigenvalue weighted by atomic mass is 32.2. The van der Waals surface area contributed by atoms with Crippen LogP contribution in [0.1, 0.15) is 0 Å². The van der Waals surface area contributed by atoms with Crippen molar-refractivity contribution in [3.8, 4) is 11.3 Å². The first-order valence-electron chi connectivity index (χ1n) is 7.35. The van der Waals surface area contributed by atoms with Crippen LogP contribution in [0, 0.1) is 0 Å². The first-order chi connectivity index (χ1) is 11.6. The van der Waals surface area contributed by atoms with Crippen LogP contribution in [0.4, 0.5) is 17.3 Å². The third-order valence-electron chi connectivity index (χ3n) is 3.92. The highest BCUT2D eigenvalue weighted by molar-refractivity contribution is 7.93. The highest BCUT2D eigenvalue weighted by Gasteiger charge is 2.33. The van der Waals surface area contributed by atoms with E-state index in [0.717, 1.165) is 5.69 Å². The SMILES string of the molecule is CN1c2cnc(Nc3ccccc3)nc2-c2ccccc2S1(=O)=O. The number of anilines is 3. The molecule has 7 heteroatoms. The second kappa shape index (κ2) is 5.31. The molecule has 0 atom stereocenters. The Labute approximate surface area is 139 Å². The summed E-state index contributed by atoms with van der Waals surface area (Å²) >= 11 is 0. The number of rotatable bonds is 2. The molecule has 0 saturated carbocycles. The Bertz CT molecular complexity index is 1020. The number of benzene rings is 2. The molecule has 0 spiro atoms. The molecule has 120 valence electrons. The second-order valence-electron chi connectivity index (χ2n) is 5.39. The van der Waals surface area contributed by atoms with Crippen LogP contribution in [0.5, 0.6) is 0 Å². The summed E-state index contributed by atoms with van der Waals surface area (Å²) in [5.74, 6) is 0.419. The minimum atomic E-state index is -3.57. The maximum atomic E-state index is 12.6. The molecule has 1 aliphatic rings. The minimum absolute atomic E-state index is 0.254. The van der Waals surface area contributed by atoms with E-state index in [0.29, 0.717) is 22.9 Å². The maximum absolute atomic E-state index is 12.6. The van der Waals surface area contributed by atoms with Crippen molar-refractivity contribution in [3.63, 3.8) is 0 Å². The van der Waals surface area contributed by atoms with E-state index >= 15 is 0 Å². The molecule has 0 aliphatic carbocycles. The lowest BCUT2D eigenvalue weighted by atomic mass is 10.1. The molecule has 0 fully saturated rings. The molecule has 2 aromatic carbocycles. The van der Waals surface area contributed by atoms with Gasteiger partial charge in [-0.25, -0.2) is 18.4 Å². The van der Waals surface area contributed by atoms with Gasteiger partial charge in [-0.2, -0.15) is 0 Å². The number of nitrogens with one attached hydrogen (secondary N) is 1. The minimum Gasteiger partial charge on any atom is -0.324 e. The maximum Gasteiger partial charge on any atom is 0.264 e. The van der Waals surface area contributed by atoms with E-state index in [1.54, 1.807) is 24.3 Å². The fraction of sp³-hybridized carbons (Fsp3) is 0.0588. The van der Waals surface area contributed by atoms with Gasteiger partial charge in [0.2, 0.25) is 5.95 Å². The van der Waals surface area contributed by atoms with Crippen molar-refractivity contribution in [3.05, 3.63) is 60.8 Å². The molecule has 1 N–H and O–H groups in total. The molecule has 3 aromatic rings. The van der Waals surface area contributed by atoms with Gasteiger partial charge in [0.25, 0.3) is 10.0 Å². The van der Waals surface area contributed by atoms with Gasteiger partial charge in [0.15, 0.2) is 0 Å². The summed E-state index contributed by atoms with van der Waals surface area (Å²) < 4.78 is 26.4. The number of aromatic nitrogens is 2. The van der Waals surface area contributed by atoms with Gasteiger partial charge in [-0.15, -0.1) is 0 Å². The van der Waals surface area contributed by atoms with Gasteiger partial charge in [0.05, 0.1) is 16.8 Å². The van der Waals surface area contributed by atoms with Gasteiger partial charge in [-0.1, -0.05) is 36.4 Å². The smallest absolute Gasteiger partial charge is 0.264 e. The highest BCUT2D eigenvalue weighted by Crippen LogP contribution is 2.40. The summed E-state index contributed by atoms with van der Waals surface area (Å²) in [7, 11) is -2.06. The summed E-state index contributed by atoms with van der Waals surface area (Å²) in [6.07, 6.45) is 1.53. The Morgan fingerprint density at radius 1 is 1.00 bits per heavy atom. The predicted molar refractivity (Wildman–Crippen MR) is 92.8 cm³/mol. The zero-order valence-corrected chi connectivity index (χ0v) is 13.7. The second-order valence-corrected chi connectivity index (χ2v) is 7.32. The number of para-hydroxylation sites is 1. The van der Waals surface area contributed by atoms with Crippen molar-refractivity contribution < 1.29 is 8.42 Å². The molecule has 4 rings (SSSR count). The third kappa shape index (κ3) is 2.21. The van der Waals surface area contributed by atoms with Crippen molar-refractivity contribution in [1.29, 1.82) is 0 Å². The molecular formula is C17H14N4O2S. The number of hydrogen-bond acceptors (Lipinski definition) is 5.